The summed E-state index contributed by atoms with van der Waals surface area (Å²) in [6, 6.07) is 3.79. The van der Waals surface area contributed by atoms with Crippen LogP contribution in [0.25, 0.3) is 0 Å². The first kappa shape index (κ1) is 17.2. The molecule has 10 heteroatoms. The van der Waals surface area contributed by atoms with Crippen LogP contribution >= 0.6 is 0 Å². The number of piperazine rings is 1. The summed E-state index contributed by atoms with van der Waals surface area (Å²) in [7, 11) is -3.71. The second-order valence-corrected chi connectivity index (χ2v) is 6.89. The Bertz CT molecular complexity index is 684. The molecule has 0 atom stereocenters. The van der Waals surface area contributed by atoms with E-state index >= 15 is 0 Å². The van der Waals surface area contributed by atoms with E-state index in [1.807, 2.05) is 0 Å². The lowest BCUT2D eigenvalue weighted by Crippen LogP contribution is -2.52. The Morgan fingerprint density at radius 3 is 2.22 bits per heavy atom. The number of nitrogens with two attached hydrogens (primary N) is 1. The average molecular weight is 344 g/mol. The number of urea groups is 1. The van der Waals surface area contributed by atoms with Gasteiger partial charge in [0.05, 0.1) is 11.4 Å². The van der Waals surface area contributed by atoms with Crippen LogP contribution in [0, 0.1) is 5.82 Å². The molecule has 0 spiro atoms. The molecule has 1 heterocycles. The summed E-state index contributed by atoms with van der Waals surface area (Å²) in [6.07, 6.45) is 0. The molecule has 1 aliphatic heterocycles. The Balaban J connectivity index is 1.97. The second kappa shape index (κ2) is 6.92. The number of sulfonamides is 1. The van der Waals surface area contributed by atoms with Gasteiger partial charge in [-0.05, 0) is 24.3 Å². The summed E-state index contributed by atoms with van der Waals surface area (Å²) in [6.45, 7) is 0.448. The highest BCUT2D eigenvalue weighted by Crippen LogP contribution is 2.18. The smallest absolute Gasteiger partial charge is 0.312 e. The highest BCUT2D eigenvalue weighted by Gasteiger charge is 2.30. The van der Waals surface area contributed by atoms with E-state index in [1.165, 1.54) is 21.3 Å². The third kappa shape index (κ3) is 4.17. The van der Waals surface area contributed by atoms with E-state index in [-0.39, 0.29) is 43.5 Å². The number of carbonyl (C=O) groups excluding carboxylic acids is 2. The average Bonchev–Trinajstić information content (AvgIpc) is 2.53. The van der Waals surface area contributed by atoms with E-state index in [2.05, 4.69) is 5.32 Å². The molecule has 0 radical (unpaired) electrons. The predicted molar refractivity (Wildman–Crippen MR) is 79.3 cm³/mol. The largest absolute Gasteiger partial charge is 0.352 e. The van der Waals surface area contributed by atoms with E-state index in [4.69, 9.17) is 5.73 Å². The van der Waals surface area contributed by atoms with E-state index < -0.39 is 21.9 Å². The number of nitrogens with one attached hydrogen (secondary N) is 1. The van der Waals surface area contributed by atoms with Crippen molar-refractivity contribution in [3.05, 3.63) is 30.1 Å². The highest BCUT2D eigenvalue weighted by atomic mass is 32.2. The summed E-state index contributed by atoms with van der Waals surface area (Å²) < 4.78 is 39.0. The first-order valence-electron chi connectivity index (χ1n) is 6.87. The van der Waals surface area contributed by atoms with Crippen LogP contribution in [0.2, 0.25) is 0 Å². The van der Waals surface area contributed by atoms with Crippen LogP contribution in [0.4, 0.5) is 9.18 Å². The number of nitrogens with zero attached hydrogens (tertiary/aromatic N) is 2. The third-order valence-electron chi connectivity index (χ3n) is 3.46. The standard InChI is InChI=1S/C13H17FN4O4S/c14-10-1-3-11(4-2-10)23(21,22)18-7-5-17(6-8-18)12(19)9-16-13(15)20/h1-4H,5-9H2,(H3,15,16,20). The molecule has 1 fully saturated rings. The highest BCUT2D eigenvalue weighted by molar-refractivity contribution is 7.89. The first-order valence-corrected chi connectivity index (χ1v) is 8.31. The van der Waals surface area contributed by atoms with Crippen LogP contribution < -0.4 is 11.1 Å². The maximum atomic E-state index is 12.9. The summed E-state index contributed by atoms with van der Waals surface area (Å²) in [5.41, 5.74) is 4.89. The zero-order valence-electron chi connectivity index (χ0n) is 12.2. The number of carbonyl (C=O) groups is 2. The van der Waals surface area contributed by atoms with E-state index in [9.17, 15) is 22.4 Å². The molecular weight excluding hydrogens is 327 g/mol. The Morgan fingerprint density at radius 2 is 1.70 bits per heavy atom. The summed E-state index contributed by atoms with van der Waals surface area (Å²) in [5.74, 6) is -0.844. The van der Waals surface area contributed by atoms with Crippen LogP contribution in [-0.2, 0) is 14.8 Å². The van der Waals surface area contributed by atoms with Crippen molar-refractivity contribution in [1.29, 1.82) is 0 Å². The Labute approximate surface area is 133 Å². The van der Waals surface area contributed by atoms with Gasteiger partial charge in [0.1, 0.15) is 5.82 Å². The topological polar surface area (TPSA) is 113 Å². The molecule has 3 N–H and O–H groups in total. The molecule has 0 bridgehead atoms. The predicted octanol–water partition coefficient (Wildman–Crippen LogP) is -0.673. The molecule has 126 valence electrons. The number of rotatable bonds is 4. The van der Waals surface area contributed by atoms with Crippen molar-refractivity contribution in [3.63, 3.8) is 0 Å². The minimum absolute atomic E-state index is 0.00840. The van der Waals surface area contributed by atoms with Crippen molar-refractivity contribution in [2.24, 2.45) is 5.73 Å². The molecule has 1 saturated heterocycles. The maximum Gasteiger partial charge on any atom is 0.312 e. The van der Waals surface area contributed by atoms with Gasteiger partial charge in [0, 0.05) is 26.2 Å². The van der Waals surface area contributed by atoms with Gasteiger partial charge in [-0.25, -0.2) is 17.6 Å². The SMILES string of the molecule is NC(=O)NCC(=O)N1CCN(S(=O)(=O)c2ccc(F)cc2)CC1. The number of halogens is 1. The molecular formula is C13H17FN4O4S. The lowest BCUT2D eigenvalue weighted by Gasteiger charge is -2.34. The van der Waals surface area contributed by atoms with Crippen LogP contribution in [0.5, 0.6) is 0 Å². The number of hydrogen-bond donors (Lipinski definition) is 2. The lowest BCUT2D eigenvalue weighted by atomic mass is 10.3. The van der Waals surface area contributed by atoms with Gasteiger partial charge in [0.25, 0.3) is 0 Å². The minimum Gasteiger partial charge on any atom is -0.352 e. The van der Waals surface area contributed by atoms with Gasteiger partial charge in [-0.15, -0.1) is 0 Å². The Morgan fingerprint density at radius 1 is 1.13 bits per heavy atom. The van der Waals surface area contributed by atoms with Crippen LogP contribution in [0.3, 0.4) is 0 Å². The van der Waals surface area contributed by atoms with Crippen LogP contribution in [0.1, 0.15) is 0 Å². The fraction of sp³-hybridized carbons (Fsp3) is 0.385. The van der Waals surface area contributed by atoms with Gasteiger partial charge in [0.15, 0.2) is 0 Å². The summed E-state index contributed by atoms with van der Waals surface area (Å²) in [5, 5.41) is 2.20. The zero-order chi connectivity index (χ0) is 17.0. The Hall–Kier alpha value is -2.20. The van der Waals surface area contributed by atoms with Crippen molar-refractivity contribution in [2.45, 2.75) is 4.90 Å². The number of primary amides is 1. The van der Waals surface area contributed by atoms with Gasteiger partial charge in [-0.1, -0.05) is 0 Å². The zero-order valence-corrected chi connectivity index (χ0v) is 13.1. The molecule has 0 unspecified atom stereocenters. The van der Waals surface area contributed by atoms with Gasteiger partial charge < -0.3 is 16.0 Å². The van der Waals surface area contributed by atoms with Crippen LogP contribution in [-0.4, -0.2) is 62.3 Å². The van der Waals surface area contributed by atoms with E-state index in [0.29, 0.717) is 0 Å². The number of benzene rings is 1. The normalized spacial score (nSPS) is 16.1. The Kier molecular flexibility index (Phi) is 5.16. The van der Waals surface area contributed by atoms with E-state index in [0.717, 1.165) is 12.1 Å². The van der Waals surface area contributed by atoms with Crippen molar-refractivity contribution < 1.29 is 22.4 Å². The summed E-state index contributed by atoms with van der Waals surface area (Å²) in [4.78, 5) is 23.8. The molecule has 1 aromatic rings. The monoisotopic (exact) mass is 344 g/mol. The van der Waals surface area contributed by atoms with Crippen molar-refractivity contribution in [3.8, 4) is 0 Å². The first-order chi connectivity index (χ1) is 10.8. The molecule has 1 aromatic carbocycles. The molecule has 2 rings (SSSR count). The van der Waals surface area contributed by atoms with Gasteiger partial charge in [-0.2, -0.15) is 4.31 Å². The van der Waals surface area contributed by atoms with Crippen molar-refractivity contribution >= 4 is 22.0 Å². The van der Waals surface area contributed by atoms with Gasteiger partial charge in [0.2, 0.25) is 15.9 Å². The third-order valence-corrected chi connectivity index (χ3v) is 5.37. The summed E-state index contributed by atoms with van der Waals surface area (Å²) >= 11 is 0. The quantitative estimate of drug-likeness (QED) is 0.754. The maximum absolute atomic E-state index is 12.9. The molecule has 0 aliphatic carbocycles. The fourth-order valence-corrected chi connectivity index (χ4v) is 3.63. The van der Waals surface area contributed by atoms with Crippen molar-refractivity contribution in [2.75, 3.05) is 32.7 Å². The molecule has 0 saturated carbocycles. The molecule has 0 aromatic heterocycles. The minimum atomic E-state index is -3.71. The fourth-order valence-electron chi connectivity index (χ4n) is 2.21. The van der Waals surface area contributed by atoms with Crippen molar-refractivity contribution in [1.82, 2.24) is 14.5 Å². The van der Waals surface area contributed by atoms with E-state index in [1.54, 1.807) is 0 Å². The molecule has 3 amide bonds. The number of hydrogen-bond acceptors (Lipinski definition) is 4. The van der Waals surface area contributed by atoms with Gasteiger partial charge in [-0.3, -0.25) is 4.79 Å². The lowest BCUT2D eigenvalue weighted by molar-refractivity contribution is -0.131. The second-order valence-electron chi connectivity index (χ2n) is 4.96. The molecule has 23 heavy (non-hydrogen) atoms. The number of amides is 3. The van der Waals surface area contributed by atoms with Gasteiger partial charge >= 0.3 is 6.03 Å². The molecule has 8 nitrogen and oxygen atoms in total. The molecule has 1 aliphatic rings. The van der Waals surface area contributed by atoms with Crippen LogP contribution in [0.15, 0.2) is 29.2 Å².